The van der Waals surface area contributed by atoms with Crippen molar-refractivity contribution in [1.29, 1.82) is 0 Å². The number of rotatable bonds is 4. The molecule has 5 rings (SSSR count). The Kier molecular flexibility index (Phi) is 4.79. The molecule has 0 saturated heterocycles. The highest BCUT2D eigenvalue weighted by molar-refractivity contribution is 7.22. The van der Waals surface area contributed by atoms with Gasteiger partial charge in [0.1, 0.15) is 0 Å². The molecule has 0 atom stereocenters. The fourth-order valence-electron chi connectivity index (χ4n) is 3.96. The van der Waals surface area contributed by atoms with Crippen LogP contribution < -0.4 is 10.6 Å². The fourth-order valence-corrected chi connectivity index (χ4v) is 5.07. The quantitative estimate of drug-likeness (QED) is 0.414. The molecule has 4 nitrogen and oxygen atoms in total. The van der Waals surface area contributed by atoms with Crippen molar-refractivity contribution in [2.75, 3.05) is 10.6 Å². The highest BCUT2D eigenvalue weighted by Crippen LogP contribution is 2.31. The van der Waals surface area contributed by atoms with Crippen LogP contribution in [-0.2, 0) is 0 Å². The molecule has 28 heavy (non-hydrogen) atoms. The zero-order chi connectivity index (χ0) is 18.9. The lowest BCUT2D eigenvalue weighted by Crippen LogP contribution is -2.32. The number of thiazole rings is 1. The second-order valence-electron chi connectivity index (χ2n) is 7.34. The van der Waals surface area contributed by atoms with Crippen molar-refractivity contribution in [3.8, 4) is 0 Å². The van der Waals surface area contributed by atoms with Crippen LogP contribution in [0, 0.1) is 0 Å². The minimum Gasteiger partial charge on any atom is -0.382 e. The van der Waals surface area contributed by atoms with Gasteiger partial charge < -0.3 is 10.6 Å². The van der Waals surface area contributed by atoms with E-state index >= 15 is 0 Å². The molecule has 0 radical (unpaired) electrons. The summed E-state index contributed by atoms with van der Waals surface area (Å²) in [7, 11) is 0. The number of pyridine rings is 1. The molecular weight excluding hydrogens is 388 g/mol. The summed E-state index contributed by atoms with van der Waals surface area (Å²) in [6.07, 6.45) is 6.41. The lowest BCUT2D eigenvalue weighted by Gasteiger charge is -2.30. The maximum Gasteiger partial charge on any atom is 0.184 e. The van der Waals surface area contributed by atoms with Gasteiger partial charge >= 0.3 is 0 Å². The number of benzene rings is 2. The Morgan fingerprint density at radius 1 is 0.893 bits per heavy atom. The van der Waals surface area contributed by atoms with Gasteiger partial charge in [-0.1, -0.05) is 35.1 Å². The predicted molar refractivity (Wildman–Crippen MR) is 120 cm³/mol. The molecule has 0 aliphatic heterocycles. The zero-order valence-corrected chi connectivity index (χ0v) is 16.9. The highest BCUT2D eigenvalue weighted by Gasteiger charge is 2.22. The first-order valence-corrected chi connectivity index (χ1v) is 10.9. The van der Waals surface area contributed by atoms with Crippen LogP contribution >= 0.6 is 22.9 Å². The summed E-state index contributed by atoms with van der Waals surface area (Å²) in [4.78, 5) is 9.14. The third kappa shape index (κ3) is 3.64. The molecule has 4 aromatic rings. The Morgan fingerprint density at radius 3 is 2.50 bits per heavy atom. The lowest BCUT2D eigenvalue weighted by atomic mass is 9.91. The molecule has 1 fully saturated rings. The van der Waals surface area contributed by atoms with E-state index < -0.39 is 0 Å². The minimum absolute atomic E-state index is 0.481. The normalized spacial score (nSPS) is 19.8. The SMILES string of the molecule is Clc1ccc2c(NC3CCC(Nc4nc5ccccc5s4)CC3)ccnc2c1. The van der Waals surface area contributed by atoms with Gasteiger partial charge in [-0.05, 0) is 62.1 Å². The van der Waals surface area contributed by atoms with Crippen LogP contribution in [0.1, 0.15) is 25.7 Å². The summed E-state index contributed by atoms with van der Waals surface area (Å²) in [5.41, 5.74) is 3.16. The fraction of sp³-hybridized carbons (Fsp3) is 0.273. The maximum atomic E-state index is 6.10. The van der Waals surface area contributed by atoms with E-state index in [4.69, 9.17) is 16.6 Å². The van der Waals surface area contributed by atoms with Crippen molar-refractivity contribution in [1.82, 2.24) is 9.97 Å². The molecule has 0 amide bonds. The van der Waals surface area contributed by atoms with Crippen molar-refractivity contribution < 1.29 is 0 Å². The molecule has 1 aliphatic rings. The summed E-state index contributed by atoms with van der Waals surface area (Å²) in [6, 6.07) is 17.2. The summed E-state index contributed by atoms with van der Waals surface area (Å²) in [5.74, 6) is 0. The molecule has 0 bridgehead atoms. The largest absolute Gasteiger partial charge is 0.382 e. The van der Waals surface area contributed by atoms with Gasteiger partial charge in [0.2, 0.25) is 0 Å². The Balaban J connectivity index is 1.23. The van der Waals surface area contributed by atoms with Crippen LogP contribution in [0.5, 0.6) is 0 Å². The van der Waals surface area contributed by atoms with Gasteiger partial charge in [-0.25, -0.2) is 4.98 Å². The topological polar surface area (TPSA) is 49.8 Å². The van der Waals surface area contributed by atoms with Gasteiger partial charge in [0.25, 0.3) is 0 Å². The lowest BCUT2D eigenvalue weighted by molar-refractivity contribution is 0.429. The Labute approximate surface area is 173 Å². The first-order valence-electron chi connectivity index (χ1n) is 9.67. The standard InChI is InChI=1S/C22H21ClN4S/c23-14-5-10-17-18(11-12-24-20(17)13-14)25-15-6-8-16(9-7-15)26-22-27-19-3-1-2-4-21(19)28-22/h1-5,10-13,15-16H,6-9H2,(H,24,25)(H,26,27). The van der Waals surface area contributed by atoms with Crippen molar-refractivity contribution in [2.45, 2.75) is 37.8 Å². The molecule has 142 valence electrons. The number of anilines is 2. The molecule has 2 aromatic heterocycles. The third-order valence-corrected chi connectivity index (χ3v) is 6.62. The second kappa shape index (κ2) is 7.57. The molecular formula is C22H21ClN4S. The van der Waals surface area contributed by atoms with E-state index in [2.05, 4.69) is 39.9 Å². The van der Waals surface area contributed by atoms with Gasteiger partial charge in [-0.3, -0.25) is 4.98 Å². The van der Waals surface area contributed by atoms with E-state index in [9.17, 15) is 0 Å². The molecule has 1 aliphatic carbocycles. The molecule has 2 aromatic carbocycles. The van der Waals surface area contributed by atoms with Gasteiger partial charge in [-0.15, -0.1) is 0 Å². The van der Waals surface area contributed by atoms with Crippen molar-refractivity contribution >= 4 is 54.9 Å². The van der Waals surface area contributed by atoms with Gasteiger partial charge in [-0.2, -0.15) is 0 Å². The number of para-hydroxylation sites is 1. The molecule has 0 unspecified atom stereocenters. The minimum atomic E-state index is 0.481. The number of fused-ring (bicyclic) bond motifs is 2. The van der Waals surface area contributed by atoms with Crippen LogP contribution in [0.15, 0.2) is 54.7 Å². The monoisotopic (exact) mass is 408 g/mol. The number of hydrogen-bond acceptors (Lipinski definition) is 5. The Hall–Kier alpha value is -2.37. The molecule has 1 saturated carbocycles. The van der Waals surface area contributed by atoms with Crippen LogP contribution in [0.3, 0.4) is 0 Å². The van der Waals surface area contributed by atoms with E-state index in [1.165, 1.54) is 4.70 Å². The van der Waals surface area contributed by atoms with Crippen LogP contribution in [0.25, 0.3) is 21.1 Å². The summed E-state index contributed by atoms with van der Waals surface area (Å²) < 4.78 is 1.24. The van der Waals surface area contributed by atoms with E-state index in [0.717, 1.165) is 57.9 Å². The molecule has 2 heterocycles. The number of nitrogens with zero attached hydrogens (tertiary/aromatic N) is 2. The number of hydrogen-bond donors (Lipinski definition) is 2. The van der Waals surface area contributed by atoms with E-state index in [-0.39, 0.29) is 0 Å². The van der Waals surface area contributed by atoms with Gasteiger partial charge in [0.15, 0.2) is 5.13 Å². The predicted octanol–water partition coefficient (Wildman–Crippen LogP) is 6.33. The number of halogens is 1. The first-order chi connectivity index (χ1) is 13.7. The van der Waals surface area contributed by atoms with Gasteiger partial charge in [0.05, 0.1) is 15.7 Å². The van der Waals surface area contributed by atoms with Crippen LogP contribution in [-0.4, -0.2) is 22.1 Å². The van der Waals surface area contributed by atoms with E-state index in [1.54, 1.807) is 11.3 Å². The number of aromatic nitrogens is 2. The third-order valence-electron chi connectivity index (χ3n) is 5.41. The van der Waals surface area contributed by atoms with Crippen LogP contribution in [0.2, 0.25) is 5.02 Å². The summed E-state index contributed by atoms with van der Waals surface area (Å²) in [5, 5.41) is 10.3. The molecule has 6 heteroatoms. The maximum absolute atomic E-state index is 6.10. The van der Waals surface area contributed by atoms with Gasteiger partial charge in [0, 0.05) is 34.4 Å². The molecule has 2 N–H and O–H groups in total. The number of nitrogens with one attached hydrogen (secondary N) is 2. The average Bonchev–Trinajstić information content (AvgIpc) is 3.12. The van der Waals surface area contributed by atoms with Crippen molar-refractivity contribution in [3.05, 3.63) is 59.8 Å². The van der Waals surface area contributed by atoms with E-state index in [1.807, 2.05) is 30.5 Å². The summed E-state index contributed by atoms with van der Waals surface area (Å²) >= 11 is 7.84. The summed E-state index contributed by atoms with van der Waals surface area (Å²) in [6.45, 7) is 0. The smallest absolute Gasteiger partial charge is 0.184 e. The van der Waals surface area contributed by atoms with E-state index in [0.29, 0.717) is 12.1 Å². The first kappa shape index (κ1) is 17.7. The Bertz CT molecular complexity index is 1080. The van der Waals surface area contributed by atoms with Crippen molar-refractivity contribution in [3.63, 3.8) is 0 Å². The zero-order valence-electron chi connectivity index (χ0n) is 15.4. The molecule has 0 spiro atoms. The second-order valence-corrected chi connectivity index (χ2v) is 8.81. The Morgan fingerprint density at radius 2 is 1.68 bits per heavy atom. The van der Waals surface area contributed by atoms with Crippen LogP contribution in [0.4, 0.5) is 10.8 Å². The van der Waals surface area contributed by atoms with Crippen molar-refractivity contribution in [2.24, 2.45) is 0 Å². The highest BCUT2D eigenvalue weighted by atomic mass is 35.5. The average molecular weight is 409 g/mol.